The quantitative estimate of drug-likeness (QED) is 0.179. The molecule has 5 aromatic rings. The molecule has 210 valence electrons. The van der Waals surface area contributed by atoms with Crippen molar-refractivity contribution in [3.63, 3.8) is 0 Å². The van der Waals surface area contributed by atoms with Crippen molar-refractivity contribution >= 4 is 0 Å². The fourth-order valence-electron chi connectivity index (χ4n) is 8.12. The number of hydrogen-bond acceptors (Lipinski definition) is 0. The van der Waals surface area contributed by atoms with Crippen LogP contribution in [0.5, 0.6) is 0 Å². The van der Waals surface area contributed by atoms with Gasteiger partial charge in [0, 0.05) is 48.2 Å². The van der Waals surface area contributed by atoms with Crippen LogP contribution in [0.25, 0.3) is 33.6 Å². The fraction of sp³-hybridized carbons (Fsp3) is 0.300. The lowest BCUT2D eigenvalue weighted by molar-refractivity contribution is -0.766. The van der Waals surface area contributed by atoms with Crippen LogP contribution < -0.4 is 9.13 Å². The van der Waals surface area contributed by atoms with Gasteiger partial charge in [0.25, 0.3) is 0 Å². The average molecular weight is 551 g/mol. The Kier molecular flexibility index (Phi) is 7.02. The highest BCUT2D eigenvalue weighted by Crippen LogP contribution is 2.53. The van der Waals surface area contributed by atoms with Crippen molar-refractivity contribution < 1.29 is 9.13 Å². The molecule has 2 heteroatoms. The van der Waals surface area contributed by atoms with Gasteiger partial charge in [-0.3, -0.25) is 0 Å². The van der Waals surface area contributed by atoms with Crippen LogP contribution >= 0.6 is 0 Å². The van der Waals surface area contributed by atoms with Gasteiger partial charge >= 0.3 is 0 Å². The molecule has 2 nitrogen and oxygen atoms in total. The van der Waals surface area contributed by atoms with E-state index < -0.39 is 0 Å². The Morgan fingerprint density at radius 3 is 2.10 bits per heavy atom. The zero-order valence-electron chi connectivity index (χ0n) is 25.3. The normalized spacial score (nSPS) is 18.0. The zero-order chi connectivity index (χ0) is 28.7. The zero-order valence-corrected chi connectivity index (χ0v) is 25.3. The number of benzene rings is 3. The second-order valence-corrected chi connectivity index (χ2v) is 12.3. The van der Waals surface area contributed by atoms with E-state index in [0.717, 1.165) is 25.8 Å². The summed E-state index contributed by atoms with van der Waals surface area (Å²) in [5, 5.41) is 0. The van der Waals surface area contributed by atoms with Gasteiger partial charge in [0.2, 0.25) is 11.4 Å². The van der Waals surface area contributed by atoms with Crippen LogP contribution in [-0.4, -0.2) is 0 Å². The Morgan fingerprint density at radius 1 is 0.667 bits per heavy atom. The van der Waals surface area contributed by atoms with Gasteiger partial charge in [-0.1, -0.05) is 93.9 Å². The van der Waals surface area contributed by atoms with Gasteiger partial charge in [-0.25, -0.2) is 0 Å². The number of aromatic nitrogens is 2. The van der Waals surface area contributed by atoms with Crippen molar-refractivity contribution in [3.05, 3.63) is 132 Å². The predicted molar refractivity (Wildman–Crippen MR) is 172 cm³/mol. The second-order valence-electron chi connectivity index (χ2n) is 12.3. The predicted octanol–water partition coefficient (Wildman–Crippen LogP) is 9.02. The van der Waals surface area contributed by atoms with Crippen molar-refractivity contribution in [3.8, 4) is 33.6 Å². The number of nitrogens with zero attached hydrogens (tertiary/aromatic N) is 2. The van der Waals surface area contributed by atoms with E-state index in [1.807, 2.05) is 0 Å². The number of unbranched alkanes of at least 4 members (excludes halogenated alkanes) is 1. The van der Waals surface area contributed by atoms with E-state index in [-0.39, 0.29) is 5.54 Å². The summed E-state index contributed by atoms with van der Waals surface area (Å²) in [6.45, 7) is 8.09. The summed E-state index contributed by atoms with van der Waals surface area (Å²) in [7, 11) is 0. The smallest absolute Gasteiger partial charge is 0.198 e. The minimum Gasteiger partial charge on any atom is -0.198 e. The molecule has 3 aromatic carbocycles. The highest BCUT2D eigenvalue weighted by molar-refractivity contribution is 5.72. The van der Waals surface area contributed by atoms with E-state index in [0.29, 0.717) is 11.8 Å². The minimum atomic E-state index is -0.00715. The van der Waals surface area contributed by atoms with Crippen LogP contribution in [-0.2, 0) is 18.5 Å². The number of rotatable bonds is 7. The molecule has 0 bridgehead atoms. The van der Waals surface area contributed by atoms with Crippen LogP contribution in [0.3, 0.4) is 0 Å². The second kappa shape index (κ2) is 11.0. The number of aryl methyl sites for hydroxylation is 1. The van der Waals surface area contributed by atoms with Crippen LogP contribution in [0, 0.1) is 0 Å². The van der Waals surface area contributed by atoms with Crippen molar-refractivity contribution in [2.24, 2.45) is 0 Å². The molecule has 42 heavy (non-hydrogen) atoms. The molecule has 7 rings (SSSR count). The molecule has 0 radical (unpaired) electrons. The lowest BCUT2D eigenvalue weighted by Crippen LogP contribution is -2.64. The Morgan fingerprint density at radius 2 is 1.36 bits per heavy atom. The molecule has 2 aliphatic rings. The van der Waals surface area contributed by atoms with Gasteiger partial charge in [-0.2, -0.15) is 9.13 Å². The molecule has 4 heterocycles. The summed E-state index contributed by atoms with van der Waals surface area (Å²) < 4.78 is 5.20. The van der Waals surface area contributed by atoms with Gasteiger partial charge in [0.1, 0.15) is 0 Å². The maximum absolute atomic E-state index is 2.68. The summed E-state index contributed by atoms with van der Waals surface area (Å²) in [4.78, 5) is 0. The first-order valence-corrected chi connectivity index (χ1v) is 16.0. The molecule has 2 atom stereocenters. The molecule has 0 amide bonds. The van der Waals surface area contributed by atoms with E-state index in [2.05, 4.69) is 145 Å². The third kappa shape index (κ3) is 4.23. The number of fused-ring (bicyclic) bond motifs is 6. The third-order valence-electron chi connectivity index (χ3n) is 10.3. The van der Waals surface area contributed by atoms with E-state index >= 15 is 0 Å². The highest BCUT2D eigenvalue weighted by atomic mass is 15.1. The topological polar surface area (TPSA) is 7.76 Å². The molecule has 2 aromatic heterocycles. The van der Waals surface area contributed by atoms with Gasteiger partial charge in [-0.05, 0) is 52.8 Å². The van der Waals surface area contributed by atoms with Crippen LogP contribution in [0.4, 0.5) is 0 Å². The Labute approximate surface area is 251 Å². The van der Waals surface area contributed by atoms with E-state index in [9.17, 15) is 0 Å². The molecule has 0 saturated heterocycles. The highest BCUT2D eigenvalue weighted by Gasteiger charge is 2.56. The summed E-state index contributed by atoms with van der Waals surface area (Å²) >= 11 is 0. The largest absolute Gasteiger partial charge is 0.213 e. The minimum absolute atomic E-state index is 0.00715. The first kappa shape index (κ1) is 26.8. The van der Waals surface area contributed by atoms with Crippen molar-refractivity contribution in [1.82, 2.24) is 0 Å². The lowest BCUT2D eigenvalue weighted by Gasteiger charge is -2.44. The SMILES string of the molecule is CCCCc1cc[n+]2c(c1)-c1ccccc1C(C1C[n+]3ccc(-c4ccccc4)cc3-c3ccccc31)C2(CC)CC. The van der Waals surface area contributed by atoms with Gasteiger partial charge in [0.05, 0.1) is 11.8 Å². The Bertz CT molecular complexity index is 1730. The standard InChI is InChI=1S/C40H42N2/c1-4-7-15-29-22-25-42-38(26-29)34-20-13-14-21-35(34)39(40(42,5-2)6-3)36-28-41-24-23-31(30-16-9-8-10-17-30)27-37(41)33-19-12-11-18-32(33)36/h8-14,16-27,36,39H,4-7,15,28H2,1-3H3/q+2. The summed E-state index contributed by atoms with van der Waals surface area (Å²) in [5.41, 5.74) is 12.5. The molecule has 2 unspecified atom stereocenters. The molecular weight excluding hydrogens is 508 g/mol. The first-order valence-electron chi connectivity index (χ1n) is 16.0. The Hall–Kier alpha value is -4.04. The molecule has 0 aliphatic carbocycles. The van der Waals surface area contributed by atoms with E-state index in [1.54, 1.807) is 0 Å². The maximum Gasteiger partial charge on any atom is 0.213 e. The van der Waals surface area contributed by atoms with Crippen LogP contribution in [0.2, 0.25) is 0 Å². The molecular formula is C40H42N2+2. The van der Waals surface area contributed by atoms with Gasteiger partial charge in [0.15, 0.2) is 24.5 Å². The summed E-state index contributed by atoms with van der Waals surface area (Å²) in [5.74, 6) is 0.723. The van der Waals surface area contributed by atoms with Crippen LogP contribution in [0.1, 0.15) is 75.0 Å². The molecule has 0 N–H and O–H groups in total. The average Bonchev–Trinajstić information content (AvgIpc) is 3.06. The van der Waals surface area contributed by atoms with E-state index in [4.69, 9.17) is 0 Å². The molecule has 0 saturated carbocycles. The Balaban J connectivity index is 1.40. The monoisotopic (exact) mass is 550 g/mol. The first-order chi connectivity index (χ1) is 20.7. The molecule has 0 fully saturated rings. The van der Waals surface area contributed by atoms with Crippen molar-refractivity contribution in [2.75, 3.05) is 0 Å². The van der Waals surface area contributed by atoms with Gasteiger partial charge < -0.3 is 0 Å². The maximum atomic E-state index is 2.68. The molecule has 2 aliphatic heterocycles. The lowest BCUT2D eigenvalue weighted by atomic mass is 9.62. The van der Waals surface area contributed by atoms with Crippen molar-refractivity contribution in [1.29, 1.82) is 0 Å². The third-order valence-corrected chi connectivity index (χ3v) is 10.3. The summed E-state index contributed by atoms with van der Waals surface area (Å²) in [6, 6.07) is 38.9. The number of pyridine rings is 2. The van der Waals surface area contributed by atoms with Crippen LogP contribution in [0.15, 0.2) is 116 Å². The van der Waals surface area contributed by atoms with E-state index in [1.165, 1.54) is 63.2 Å². The molecule has 0 spiro atoms. The number of hydrogen-bond donors (Lipinski definition) is 0. The fourth-order valence-corrected chi connectivity index (χ4v) is 8.12. The van der Waals surface area contributed by atoms with Gasteiger partial charge in [-0.15, -0.1) is 0 Å². The summed E-state index contributed by atoms with van der Waals surface area (Å²) in [6.07, 6.45) is 10.6. The van der Waals surface area contributed by atoms with Crippen molar-refractivity contribution in [2.45, 2.75) is 76.8 Å².